The molecule has 2 aromatic rings. The number of likely N-dealkylation sites (N-methyl/N-ethyl adjacent to an activating group) is 1. The third-order valence-corrected chi connectivity index (χ3v) is 6.35. The van der Waals surface area contributed by atoms with E-state index in [9.17, 15) is 14.4 Å². The third-order valence-electron chi connectivity index (χ3n) is 6.35. The minimum atomic E-state index is -0.848. The number of ether oxygens (including phenoxy) is 1. The Labute approximate surface area is 222 Å². The molecule has 0 aliphatic heterocycles. The van der Waals surface area contributed by atoms with Gasteiger partial charge in [0.05, 0.1) is 0 Å². The molecule has 0 radical (unpaired) electrons. The van der Waals surface area contributed by atoms with Crippen molar-refractivity contribution in [3.8, 4) is 0 Å². The second kappa shape index (κ2) is 13.8. The molecule has 37 heavy (non-hydrogen) atoms. The van der Waals surface area contributed by atoms with E-state index >= 15 is 0 Å². The lowest BCUT2D eigenvalue weighted by Gasteiger charge is -2.35. The summed E-state index contributed by atoms with van der Waals surface area (Å²) in [5, 5.41) is 5.78. The smallest absolute Gasteiger partial charge is 0.408 e. The SMILES string of the molecule is CCc1ccc(C(C(=O)NCc2ccccc2)N(CC)C(=O)C(NC(=O)OC(C)(C)C)C(C)CC)cc1. The maximum Gasteiger partial charge on any atom is 0.408 e. The van der Waals surface area contributed by atoms with Crippen molar-refractivity contribution in [2.45, 2.75) is 85.5 Å². The molecule has 3 atom stereocenters. The lowest BCUT2D eigenvalue weighted by atomic mass is 9.95. The number of carbonyl (C=O) groups excluding carboxylic acids is 3. The molecule has 3 amide bonds. The first-order valence-corrected chi connectivity index (χ1v) is 13.2. The molecule has 0 spiro atoms. The van der Waals surface area contributed by atoms with E-state index < -0.39 is 23.8 Å². The zero-order valence-electron chi connectivity index (χ0n) is 23.3. The highest BCUT2D eigenvalue weighted by Gasteiger charge is 2.37. The predicted molar refractivity (Wildman–Crippen MR) is 147 cm³/mol. The van der Waals surface area contributed by atoms with Crippen LogP contribution in [0, 0.1) is 5.92 Å². The minimum absolute atomic E-state index is 0.162. The molecule has 0 saturated heterocycles. The van der Waals surface area contributed by atoms with Crippen LogP contribution < -0.4 is 10.6 Å². The summed E-state index contributed by atoms with van der Waals surface area (Å²) in [5.41, 5.74) is 2.14. The number of carbonyl (C=O) groups is 3. The second-order valence-corrected chi connectivity index (χ2v) is 10.3. The first-order valence-electron chi connectivity index (χ1n) is 13.2. The molecule has 7 heteroatoms. The summed E-state index contributed by atoms with van der Waals surface area (Å²) >= 11 is 0. The molecule has 2 N–H and O–H groups in total. The van der Waals surface area contributed by atoms with E-state index in [1.165, 1.54) is 0 Å². The lowest BCUT2D eigenvalue weighted by Crippen LogP contribution is -2.55. The summed E-state index contributed by atoms with van der Waals surface area (Å²) in [6, 6.07) is 15.7. The van der Waals surface area contributed by atoms with Crippen molar-refractivity contribution < 1.29 is 19.1 Å². The Morgan fingerprint density at radius 2 is 1.54 bits per heavy atom. The highest BCUT2D eigenvalue weighted by Crippen LogP contribution is 2.25. The van der Waals surface area contributed by atoms with Gasteiger partial charge in [0.25, 0.3) is 0 Å². The standard InChI is InChI=1S/C30H43N3O4/c1-8-21(4)25(32-29(36)37-30(5,6)7)28(35)33(10-3)26(24-18-16-22(9-2)17-19-24)27(34)31-20-23-14-12-11-13-15-23/h11-19,21,25-26H,8-10,20H2,1-7H3,(H,31,34)(H,32,36). The highest BCUT2D eigenvalue weighted by molar-refractivity contribution is 5.92. The number of aryl methyl sites for hydroxylation is 1. The van der Waals surface area contributed by atoms with Crippen molar-refractivity contribution in [3.05, 3.63) is 71.3 Å². The fourth-order valence-electron chi connectivity index (χ4n) is 4.05. The molecule has 0 saturated carbocycles. The molecule has 202 valence electrons. The monoisotopic (exact) mass is 509 g/mol. The molecule has 2 aromatic carbocycles. The molecule has 0 heterocycles. The van der Waals surface area contributed by atoms with Crippen molar-refractivity contribution >= 4 is 17.9 Å². The van der Waals surface area contributed by atoms with Crippen molar-refractivity contribution in [1.82, 2.24) is 15.5 Å². The summed E-state index contributed by atoms with van der Waals surface area (Å²) in [5.74, 6) is -0.754. The largest absolute Gasteiger partial charge is 0.444 e. The van der Waals surface area contributed by atoms with Gasteiger partial charge in [-0.25, -0.2) is 4.79 Å². The molecular formula is C30H43N3O4. The molecule has 7 nitrogen and oxygen atoms in total. The Morgan fingerprint density at radius 1 is 0.919 bits per heavy atom. The number of rotatable bonds is 11. The van der Waals surface area contributed by atoms with Crippen LogP contribution in [-0.4, -0.2) is 41.0 Å². The van der Waals surface area contributed by atoms with Gasteiger partial charge in [0.1, 0.15) is 17.7 Å². The van der Waals surface area contributed by atoms with Gasteiger partial charge in [-0.05, 0) is 56.7 Å². The van der Waals surface area contributed by atoms with Crippen molar-refractivity contribution in [2.75, 3.05) is 6.54 Å². The van der Waals surface area contributed by atoms with Crippen LogP contribution in [0.5, 0.6) is 0 Å². The van der Waals surface area contributed by atoms with Gasteiger partial charge in [-0.3, -0.25) is 9.59 Å². The van der Waals surface area contributed by atoms with E-state index in [0.717, 1.165) is 23.1 Å². The topological polar surface area (TPSA) is 87.7 Å². The van der Waals surface area contributed by atoms with Crippen LogP contribution in [0.1, 0.15) is 77.6 Å². The fraction of sp³-hybridized carbons (Fsp3) is 0.500. The van der Waals surface area contributed by atoms with E-state index in [2.05, 4.69) is 17.6 Å². The summed E-state index contributed by atoms with van der Waals surface area (Å²) in [6.45, 7) is 13.8. The summed E-state index contributed by atoms with van der Waals surface area (Å²) in [6.07, 6.45) is 0.886. The summed E-state index contributed by atoms with van der Waals surface area (Å²) < 4.78 is 5.43. The molecule has 3 unspecified atom stereocenters. The van der Waals surface area contributed by atoms with Crippen LogP contribution in [0.25, 0.3) is 0 Å². The van der Waals surface area contributed by atoms with E-state index in [1.54, 1.807) is 25.7 Å². The molecule has 2 rings (SSSR count). The highest BCUT2D eigenvalue weighted by atomic mass is 16.6. The molecule has 0 aliphatic carbocycles. The predicted octanol–water partition coefficient (Wildman–Crippen LogP) is 5.39. The first kappa shape index (κ1) is 29.9. The second-order valence-electron chi connectivity index (χ2n) is 10.3. The van der Waals surface area contributed by atoms with Crippen LogP contribution in [0.2, 0.25) is 0 Å². The first-order chi connectivity index (χ1) is 17.5. The van der Waals surface area contributed by atoms with Crippen LogP contribution in [0.3, 0.4) is 0 Å². The fourth-order valence-corrected chi connectivity index (χ4v) is 4.05. The van der Waals surface area contributed by atoms with E-state index in [4.69, 9.17) is 4.74 Å². The minimum Gasteiger partial charge on any atom is -0.444 e. The van der Waals surface area contributed by atoms with Gasteiger partial charge in [-0.15, -0.1) is 0 Å². The lowest BCUT2D eigenvalue weighted by molar-refractivity contribution is -0.143. The van der Waals surface area contributed by atoms with Crippen molar-refractivity contribution in [1.29, 1.82) is 0 Å². The zero-order valence-corrected chi connectivity index (χ0v) is 23.3. The number of hydrogen-bond acceptors (Lipinski definition) is 4. The molecule has 0 aromatic heterocycles. The number of nitrogens with zero attached hydrogens (tertiary/aromatic N) is 1. The molecular weight excluding hydrogens is 466 g/mol. The van der Waals surface area contributed by atoms with Gasteiger partial charge in [-0.1, -0.05) is 81.8 Å². The van der Waals surface area contributed by atoms with Gasteiger partial charge in [0, 0.05) is 13.1 Å². The number of amides is 3. The maximum atomic E-state index is 14.0. The summed E-state index contributed by atoms with van der Waals surface area (Å²) in [7, 11) is 0. The van der Waals surface area contributed by atoms with Crippen LogP contribution >= 0.6 is 0 Å². The number of benzene rings is 2. The Hall–Kier alpha value is -3.35. The van der Waals surface area contributed by atoms with Gasteiger partial charge in [-0.2, -0.15) is 0 Å². The quantitative estimate of drug-likeness (QED) is 0.425. The van der Waals surface area contributed by atoms with Crippen molar-refractivity contribution in [3.63, 3.8) is 0 Å². The average Bonchev–Trinajstić information content (AvgIpc) is 2.87. The van der Waals surface area contributed by atoms with Crippen LogP contribution in [0.15, 0.2) is 54.6 Å². The summed E-state index contributed by atoms with van der Waals surface area (Å²) in [4.78, 5) is 41.8. The maximum absolute atomic E-state index is 14.0. The van der Waals surface area contributed by atoms with Gasteiger partial charge in [0.2, 0.25) is 11.8 Å². The number of nitrogens with one attached hydrogen (secondary N) is 2. The van der Waals surface area contributed by atoms with Crippen molar-refractivity contribution in [2.24, 2.45) is 5.92 Å². The van der Waals surface area contributed by atoms with E-state index in [-0.39, 0.29) is 17.7 Å². The van der Waals surface area contributed by atoms with Crippen LogP contribution in [-0.2, 0) is 27.3 Å². The number of alkyl carbamates (subject to hydrolysis) is 1. The van der Waals surface area contributed by atoms with Gasteiger partial charge < -0.3 is 20.3 Å². The Kier molecular flexibility index (Phi) is 11.2. The van der Waals surface area contributed by atoms with E-state index in [0.29, 0.717) is 19.5 Å². The van der Waals surface area contributed by atoms with Crippen LogP contribution in [0.4, 0.5) is 4.79 Å². The molecule has 0 fully saturated rings. The Balaban J connectivity index is 2.40. The van der Waals surface area contributed by atoms with Gasteiger partial charge in [0.15, 0.2) is 0 Å². The Bertz CT molecular complexity index is 1020. The average molecular weight is 510 g/mol. The zero-order chi connectivity index (χ0) is 27.6. The Morgan fingerprint density at radius 3 is 2.05 bits per heavy atom. The normalized spacial score (nSPS) is 13.7. The number of hydrogen-bond donors (Lipinski definition) is 2. The van der Waals surface area contributed by atoms with E-state index in [1.807, 2.05) is 75.4 Å². The van der Waals surface area contributed by atoms with Gasteiger partial charge >= 0.3 is 6.09 Å². The third kappa shape index (κ3) is 8.92. The molecule has 0 bridgehead atoms. The molecule has 0 aliphatic rings.